The number of hydrogen-bond acceptors (Lipinski definition) is 12. The zero-order chi connectivity index (χ0) is 53.7. The van der Waals surface area contributed by atoms with Crippen molar-refractivity contribution in [3.63, 3.8) is 0 Å². The Morgan fingerprint density at radius 1 is 0.253 bits per heavy atom. The minimum absolute atomic E-state index is 0.467. The lowest BCUT2D eigenvalue weighted by atomic mass is 9.79. The van der Waals surface area contributed by atoms with Crippen molar-refractivity contribution in [2.75, 3.05) is 39.6 Å². The van der Waals surface area contributed by atoms with Crippen molar-refractivity contribution in [2.24, 2.45) is 0 Å². The summed E-state index contributed by atoms with van der Waals surface area (Å²) in [6.07, 6.45) is 24.0. The Bertz CT molecular complexity index is 1990. The maximum atomic E-state index is 6.43. The summed E-state index contributed by atoms with van der Waals surface area (Å²) in [6.45, 7) is 28.2. The summed E-state index contributed by atoms with van der Waals surface area (Å²) >= 11 is 0. The summed E-state index contributed by atoms with van der Waals surface area (Å²) in [7, 11) is -1.58. The molecule has 3 aromatic carbocycles. The Kier molecular flexibility index (Phi) is 20.1. The van der Waals surface area contributed by atoms with E-state index in [-0.39, 0.29) is 0 Å². The van der Waals surface area contributed by atoms with Gasteiger partial charge in [-0.2, -0.15) is 0 Å². The first-order valence-electron chi connectivity index (χ1n) is 27.9. The lowest BCUT2D eigenvalue weighted by molar-refractivity contribution is 0.00578. The van der Waals surface area contributed by atoms with Gasteiger partial charge in [0.2, 0.25) is 0 Å². The Labute approximate surface area is 451 Å². The largest absolute Gasteiger partial charge is 0.495 e. The summed E-state index contributed by atoms with van der Waals surface area (Å²) in [6, 6.07) is 18.0. The normalized spacial score (nSPS) is 24.2. The van der Waals surface area contributed by atoms with Crippen molar-refractivity contribution >= 4 is 37.7 Å². The highest BCUT2D eigenvalue weighted by atomic mass is 16.7. The van der Waals surface area contributed by atoms with Crippen LogP contribution < -0.4 is 44.8 Å². The number of ether oxygens (including phenoxy) is 6. The van der Waals surface area contributed by atoms with Gasteiger partial charge in [0.05, 0.1) is 73.2 Å². The molecule has 0 spiro atoms. The first-order valence-corrected chi connectivity index (χ1v) is 27.9. The number of rotatable bonds is 3. The lowest BCUT2D eigenvalue weighted by Gasteiger charge is -2.32. The fraction of sp³-hybridized carbons (Fsp3) is 0.600. The molecule has 15 heteroatoms. The van der Waals surface area contributed by atoms with Gasteiger partial charge in [0.15, 0.2) is 0 Å². The molecule has 0 N–H and O–H groups in total. The number of hydrogen-bond donors (Lipinski definition) is 0. The van der Waals surface area contributed by atoms with Crippen LogP contribution in [0.1, 0.15) is 160 Å². The molecule has 3 fully saturated rings. The number of benzene rings is 3. The van der Waals surface area contributed by atoms with Crippen molar-refractivity contribution < 1.29 is 56.3 Å². The molecule has 6 bridgehead atoms. The van der Waals surface area contributed by atoms with Crippen LogP contribution in [0.5, 0.6) is 34.5 Å². The molecule has 0 amide bonds. The Hall–Kier alpha value is -4.37. The van der Waals surface area contributed by atoms with Gasteiger partial charge in [-0.05, 0) is 213 Å². The summed E-state index contributed by atoms with van der Waals surface area (Å²) in [5.41, 5.74) is -0.159. The molecule has 4 aliphatic heterocycles. The number of fused-ring (bicyclic) bond motifs is 6. The number of allylic oxidation sites excluding steroid dienone is 6. The van der Waals surface area contributed by atoms with Crippen LogP contribution in [0.25, 0.3) is 0 Å². The van der Waals surface area contributed by atoms with Crippen LogP contribution in [0.4, 0.5) is 0 Å². The van der Waals surface area contributed by atoms with Crippen LogP contribution in [0.2, 0.25) is 0 Å². The molecule has 7 rings (SSSR count). The maximum absolute atomic E-state index is 6.43. The Balaban J connectivity index is 1.00. The van der Waals surface area contributed by atoms with Crippen molar-refractivity contribution in [1.29, 1.82) is 0 Å². The predicted octanol–water partition coefficient (Wildman–Crippen LogP) is 11.6. The minimum Gasteiger partial charge on any atom is -0.493 e. The van der Waals surface area contributed by atoms with Gasteiger partial charge in [0.25, 0.3) is 0 Å². The molecule has 75 heavy (non-hydrogen) atoms. The van der Waals surface area contributed by atoms with Gasteiger partial charge >= 0.3 is 21.4 Å². The molecule has 408 valence electrons. The maximum Gasteiger partial charge on any atom is 0.495 e. The second-order valence-corrected chi connectivity index (χ2v) is 23.3. The summed E-state index contributed by atoms with van der Waals surface area (Å²) in [5, 5.41) is 0. The van der Waals surface area contributed by atoms with E-state index in [1.54, 1.807) is 0 Å². The van der Waals surface area contributed by atoms with Gasteiger partial charge in [-0.15, -0.1) is 0 Å². The van der Waals surface area contributed by atoms with Crippen LogP contribution in [0.15, 0.2) is 91.1 Å². The fourth-order valence-corrected chi connectivity index (χ4v) is 8.68. The Morgan fingerprint density at radius 3 is 0.573 bits per heavy atom. The van der Waals surface area contributed by atoms with Crippen molar-refractivity contribution in [3.05, 3.63) is 91.1 Å². The molecule has 0 radical (unpaired) electrons. The van der Waals surface area contributed by atoms with Crippen LogP contribution in [-0.4, -0.2) is 94.6 Å². The van der Waals surface area contributed by atoms with Crippen LogP contribution >= 0.6 is 0 Å². The van der Waals surface area contributed by atoms with Crippen LogP contribution in [0.3, 0.4) is 0 Å². The molecule has 0 unspecified atom stereocenters. The van der Waals surface area contributed by atoms with Gasteiger partial charge < -0.3 is 56.3 Å². The molecule has 0 saturated carbocycles. The zero-order valence-electron chi connectivity index (χ0n) is 47.5. The molecular weight excluding hydrogens is 945 g/mol. The first-order chi connectivity index (χ1) is 35.6. The highest BCUT2D eigenvalue weighted by Gasteiger charge is 2.54. The molecule has 12 nitrogen and oxygen atoms in total. The molecule has 4 aliphatic rings. The zero-order valence-corrected chi connectivity index (χ0v) is 47.5. The summed E-state index contributed by atoms with van der Waals surface area (Å²) in [5.74, 6) is 4.43. The van der Waals surface area contributed by atoms with Gasteiger partial charge in [0, 0.05) is 18.2 Å². The molecule has 4 heterocycles. The second kappa shape index (κ2) is 25.9. The molecule has 0 atom stereocenters. The van der Waals surface area contributed by atoms with Crippen molar-refractivity contribution in [3.8, 4) is 34.5 Å². The smallest absolute Gasteiger partial charge is 0.493 e. The van der Waals surface area contributed by atoms with Gasteiger partial charge in [0.1, 0.15) is 34.5 Å². The van der Waals surface area contributed by atoms with Crippen molar-refractivity contribution in [1.82, 2.24) is 0 Å². The topological polar surface area (TPSA) is 111 Å². The van der Waals surface area contributed by atoms with E-state index >= 15 is 0 Å². The van der Waals surface area contributed by atoms with E-state index < -0.39 is 55.0 Å². The van der Waals surface area contributed by atoms with E-state index in [0.717, 1.165) is 128 Å². The van der Waals surface area contributed by atoms with Gasteiger partial charge in [-0.1, -0.05) is 36.5 Å². The second-order valence-electron chi connectivity index (χ2n) is 23.3. The van der Waals surface area contributed by atoms with Gasteiger partial charge in [-0.3, -0.25) is 0 Å². The minimum atomic E-state index is -0.528. The fourth-order valence-electron chi connectivity index (χ4n) is 8.68. The average Bonchev–Trinajstić information content (AvgIpc) is 3.82. The lowest BCUT2D eigenvalue weighted by Crippen LogP contribution is -2.41. The highest BCUT2D eigenvalue weighted by Crippen LogP contribution is 2.40. The van der Waals surface area contributed by atoms with E-state index in [2.05, 4.69) is 120 Å². The molecule has 3 aromatic rings. The average molecular weight is 1030 g/mol. The molecular formula is C60H87B3O12. The van der Waals surface area contributed by atoms with Crippen LogP contribution in [0, 0.1) is 0 Å². The third-order valence-electron chi connectivity index (χ3n) is 15.5. The quantitative estimate of drug-likeness (QED) is 0.184. The first kappa shape index (κ1) is 58.3. The van der Waals surface area contributed by atoms with Crippen molar-refractivity contribution in [2.45, 2.75) is 194 Å². The van der Waals surface area contributed by atoms with Gasteiger partial charge in [-0.25, -0.2) is 0 Å². The van der Waals surface area contributed by atoms with Crippen LogP contribution in [-0.2, 0) is 27.9 Å². The van der Waals surface area contributed by atoms with E-state index in [1.165, 1.54) is 0 Å². The third kappa shape index (κ3) is 16.3. The Morgan fingerprint density at radius 2 is 0.413 bits per heavy atom. The molecule has 3 saturated heterocycles. The monoisotopic (exact) mass is 1030 g/mol. The molecule has 0 aromatic heterocycles. The third-order valence-corrected chi connectivity index (χ3v) is 15.5. The van der Waals surface area contributed by atoms with E-state index in [1.807, 2.05) is 54.6 Å². The van der Waals surface area contributed by atoms with E-state index in [9.17, 15) is 0 Å². The summed E-state index contributed by atoms with van der Waals surface area (Å²) < 4.78 is 76.6. The molecule has 0 aliphatic carbocycles. The van der Waals surface area contributed by atoms with E-state index in [4.69, 9.17) is 56.3 Å². The predicted molar refractivity (Wildman–Crippen MR) is 302 cm³/mol. The standard InChI is InChI=1S/C60H87B3O12/c1-55(2)56(3,4)71-61(70-55)46-37-49-43-50(38-46)65-32-26-20-14-16-22-28-34-67-52-40-48(63-74-59(9,10)60(11,12)75-63)42-54(45-52)69-36-30-24-18-17-23-29-35-68-53-41-47(62-72-57(5,6)58(7,8)73-62)39-51(44-53)66-33-27-21-15-13-19-25-31-64-49/h13-18,37-45H,19-36H2,1-12H3/b15-13+,16-14+,18-17+. The van der Waals surface area contributed by atoms with E-state index in [0.29, 0.717) is 39.6 Å². The summed E-state index contributed by atoms with van der Waals surface area (Å²) in [4.78, 5) is 0. The highest BCUT2D eigenvalue weighted by molar-refractivity contribution is 6.63. The SMILES string of the molecule is CC1(C)OB(c2cc3cc(c2)OCCC/C=C/CCCOc2cc(cc(B4OC(C)(C)C(C)(C)O4)c2)OCCC/C=C/CCCOc2cc(cc(B4OC(C)(C)C(C)(C)O4)c2)OCCC/C=C/CCCO3)OC1(C)C.